The molecule has 0 bridgehead atoms. The molecule has 1 aromatic heterocycles. The Labute approximate surface area is 204 Å². The van der Waals surface area contributed by atoms with Gasteiger partial charge < -0.3 is 9.15 Å². The van der Waals surface area contributed by atoms with Gasteiger partial charge in [-0.2, -0.15) is 5.01 Å². The van der Waals surface area contributed by atoms with E-state index in [0.717, 1.165) is 29.9 Å². The van der Waals surface area contributed by atoms with Gasteiger partial charge in [-0.25, -0.2) is 0 Å². The monoisotopic (exact) mass is 511 g/mol. The molecule has 0 atom stereocenters. The summed E-state index contributed by atoms with van der Waals surface area (Å²) in [5.41, 5.74) is 3.18. The number of carbonyl (C=O) groups is 2. The van der Waals surface area contributed by atoms with E-state index in [9.17, 15) is 9.59 Å². The van der Waals surface area contributed by atoms with Crippen LogP contribution in [0, 0.1) is 0 Å². The Bertz CT molecular complexity index is 1060. The molecule has 1 N–H and O–H groups in total. The van der Waals surface area contributed by atoms with Gasteiger partial charge in [0.15, 0.2) is 4.32 Å². The maximum Gasteiger partial charge on any atom is 0.285 e. The zero-order valence-electron chi connectivity index (χ0n) is 16.8. The number of hydrogen-bond donors (Lipinski definition) is 1. The number of thiocarbonyl (C=S) groups is 1. The average Bonchev–Trinajstić information content (AvgIpc) is 3.33. The molecule has 7 nitrogen and oxygen atoms in total. The Morgan fingerprint density at radius 3 is 2.62 bits per heavy atom. The second-order valence-electron chi connectivity index (χ2n) is 7.05. The van der Waals surface area contributed by atoms with Crippen LogP contribution in [0.5, 0.6) is 0 Å². The summed E-state index contributed by atoms with van der Waals surface area (Å²) < 4.78 is 11.4. The molecule has 3 heterocycles. The second-order valence-corrected chi connectivity index (χ2v) is 9.54. The van der Waals surface area contributed by atoms with E-state index in [1.165, 1.54) is 0 Å². The zero-order valence-corrected chi connectivity index (χ0v) is 20.0. The van der Waals surface area contributed by atoms with Crippen molar-refractivity contribution in [2.45, 2.75) is 6.42 Å². The third-order valence-corrected chi connectivity index (χ3v) is 6.83. The highest BCUT2D eigenvalue weighted by molar-refractivity contribution is 8.26. The normalized spacial score (nSPS) is 18.6. The molecule has 0 radical (unpaired) electrons. The van der Waals surface area contributed by atoms with E-state index in [1.54, 1.807) is 36.4 Å². The fraction of sp³-hybridized carbons (Fsp3) is 0.286. The van der Waals surface area contributed by atoms with Crippen LogP contribution >= 0.6 is 47.2 Å². The summed E-state index contributed by atoms with van der Waals surface area (Å²) in [5, 5.41) is 2.02. The van der Waals surface area contributed by atoms with Crippen molar-refractivity contribution in [3.8, 4) is 11.3 Å². The number of benzene rings is 1. The summed E-state index contributed by atoms with van der Waals surface area (Å²) in [7, 11) is 0. The molecule has 0 aliphatic carbocycles. The number of nitrogens with zero attached hydrogens (tertiary/aromatic N) is 2. The van der Waals surface area contributed by atoms with Gasteiger partial charge in [-0.05, 0) is 36.5 Å². The van der Waals surface area contributed by atoms with Crippen molar-refractivity contribution in [3.63, 3.8) is 0 Å². The van der Waals surface area contributed by atoms with Gasteiger partial charge in [0.1, 0.15) is 11.5 Å². The number of amides is 2. The van der Waals surface area contributed by atoms with Gasteiger partial charge in [0.25, 0.3) is 5.91 Å². The lowest BCUT2D eigenvalue weighted by Gasteiger charge is -2.26. The first-order chi connectivity index (χ1) is 15.4. The standard InChI is InChI=1S/C21H19Cl2N3O4S2/c22-14-2-1-3-15(23)19(14)16-5-4-13(30-16)12-17-20(28)26(21(31)32-17)24-18(27)6-7-25-8-10-29-11-9-25/h1-5,12H,6-11H2,(H,24,27)/b17-12-. The lowest BCUT2D eigenvalue weighted by Crippen LogP contribution is -2.46. The molecule has 0 unspecified atom stereocenters. The third-order valence-electron chi connectivity index (χ3n) is 4.90. The Kier molecular flexibility index (Phi) is 7.55. The molecule has 4 rings (SSSR count). The minimum atomic E-state index is -0.409. The quantitative estimate of drug-likeness (QED) is 0.459. The van der Waals surface area contributed by atoms with Crippen LogP contribution in [0.4, 0.5) is 0 Å². The van der Waals surface area contributed by atoms with Crippen molar-refractivity contribution < 1.29 is 18.7 Å². The second kappa shape index (κ2) is 10.4. The zero-order chi connectivity index (χ0) is 22.7. The number of morpholine rings is 1. The summed E-state index contributed by atoms with van der Waals surface area (Å²) in [6, 6.07) is 8.63. The highest BCUT2D eigenvalue weighted by Crippen LogP contribution is 2.37. The van der Waals surface area contributed by atoms with Crippen LogP contribution in [-0.2, 0) is 14.3 Å². The van der Waals surface area contributed by atoms with Crippen molar-refractivity contribution in [3.05, 3.63) is 51.0 Å². The first-order valence-electron chi connectivity index (χ1n) is 9.84. The summed E-state index contributed by atoms with van der Waals surface area (Å²) in [6.45, 7) is 3.51. The molecule has 0 saturated carbocycles. The minimum Gasteiger partial charge on any atom is -0.457 e. The van der Waals surface area contributed by atoms with Crippen LogP contribution in [0.25, 0.3) is 17.4 Å². The van der Waals surface area contributed by atoms with E-state index >= 15 is 0 Å². The fourth-order valence-electron chi connectivity index (χ4n) is 3.26. The lowest BCUT2D eigenvalue weighted by molar-refractivity contribution is -0.133. The average molecular weight is 512 g/mol. The van der Waals surface area contributed by atoms with Gasteiger partial charge in [-0.15, -0.1) is 0 Å². The van der Waals surface area contributed by atoms with Crippen molar-refractivity contribution >= 4 is 69.4 Å². The molecule has 2 aliphatic heterocycles. The highest BCUT2D eigenvalue weighted by atomic mass is 35.5. The Morgan fingerprint density at radius 2 is 1.91 bits per heavy atom. The van der Waals surface area contributed by atoms with Crippen LogP contribution < -0.4 is 5.43 Å². The SMILES string of the molecule is O=C(CCN1CCOCC1)NN1C(=O)/C(=C/c2ccc(-c3c(Cl)cccc3Cl)o2)SC1=S. The minimum absolute atomic E-state index is 0.252. The number of ether oxygens (including phenoxy) is 1. The van der Waals surface area contributed by atoms with E-state index < -0.39 is 5.91 Å². The fourth-order valence-corrected chi connectivity index (χ4v) is 5.00. The molecule has 2 amide bonds. The number of nitrogens with one attached hydrogen (secondary N) is 1. The predicted molar refractivity (Wildman–Crippen MR) is 129 cm³/mol. The summed E-state index contributed by atoms with van der Waals surface area (Å²) in [4.78, 5) is 27.6. The lowest BCUT2D eigenvalue weighted by atomic mass is 10.2. The topological polar surface area (TPSA) is 75.0 Å². The number of halogens is 2. The Morgan fingerprint density at radius 1 is 1.19 bits per heavy atom. The Balaban J connectivity index is 1.40. The highest BCUT2D eigenvalue weighted by Gasteiger charge is 2.34. The molecular formula is C21H19Cl2N3O4S2. The molecule has 2 aliphatic rings. The van der Waals surface area contributed by atoms with Gasteiger partial charge in [0.05, 0.1) is 33.7 Å². The molecule has 1 aromatic carbocycles. The molecule has 2 aromatic rings. The number of thioether (sulfide) groups is 1. The summed E-state index contributed by atoms with van der Waals surface area (Å²) in [6.07, 6.45) is 1.84. The summed E-state index contributed by atoms with van der Waals surface area (Å²) >= 11 is 18.8. The predicted octanol–water partition coefficient (Wildman–Crippen LogP) is 4.21. The van der Waals surface area contributed by atoms with E-state index in [4.69, 9.17) is 44.6 Å². The first kappa shape index (κ1) is 23.3. The van der Waals surface area contributed by atoms with Gasteiger partial charge in [-0.1, -0.05) is 41.0 Å². The molecular weight excluding hydrogens is 493 g/mol. The van der Waals surface area contributed by atoms with E-state index in [2.05, 4.69) is 10.3 Å². The molecule has 2 fully saturated rings. The van der Waals surface area contributed by atoms with Crippen molar-refractivity contribution in [1.82, 2.24) is 15.3 Å². The van der Waals surface area contributed by atoms with Gasteiger partial charge >= 0.3 is 0 Å². The Hall–Kier alpha value is -1.88. The van der Waals surface area contributed by atoms with E-state index in [1.807, 2.05) is 0 Å². The van der Waals surface area contributed by atoms with Crippen LogP contribution in [0.3, 0.4) is 0 Å². The van der Waals surface area contributed by atoms with Crippen molar-refractivity contribution in [2.75, 3.05) is 32.8 Å². The number of carbonyl (C=O) groups excluding carboxylic acids is 2. The van der Waals surface area contributed by atoms with Crippen LogP contribution in [0.1, 0.15) is 12.2 Å². The molecule has 32 heavy (non-hydrogen) atoms. The van der Waals surface area contributed by atoms with Crippen LogP contribution in [-0.4, -0.2) is 58.9 Å². The molecule has 11 heteroatoms. The maximum atomic E-state index is 12.8. The van der Waals surface area contributed by atoms with Crippen molar-refractivity contribution in [2.24, 2.45) is 0 Å². The van der Waals surface area contributed by atoms with Gasteiger partial charge in [0, 0.05) is 32.1 Å². The van der Waals surface area contributed by atoms with Crippen LogP contribution in [0.15, 0.2) is 39.7 Å². The molecule has 2 saturated heterocycles. The summed E-state index contributed by atoms with van der Waals surface area (Å²) in [5.74, 6) is 0.241. The third kappa shape index (κ3) is 5.36. The first-order valence-corrected chi connectivity index (χ1v) is 11.8. The smallest absolute Gasteiger partial charge is 0.285 e. The number of furan rings is 1. The van der Waals surface area contributed by atoms with Crippen molar-refractivity contribution in [1.29, 1.82) is 0 Å². The number of hydrazine groups is 1. The van der Waals surface area contributed by atoms with Gasteiger partial charge in [-0.3, -0.25) is 19.9 Å². The van der Waals surface area contributed by atoms with Gasteiger partial charge in [0.2, 0.25) is 5.91 Å². The number of hydrogen-bond acceptors (Lipinski definition) is 7. The van der Waals surface area contributed by atoms with Crippen LogP contribution in [0.2, 0.25) is 10.0 Å². The number of rotatable bonds is 6. The van der Waals surface area contributed by atoms with E-state index in [0.29, 0.717) is 51.8 Å². The van der Waals surface area contributed by atoms with E-state index in [-0.39, 0.29) is 16.6 Å². The molecule has 168 valence electrons. The largest absolute Gasteiger partial charge is 0.457 e. The maximum absolute atomic E-state index is 12.8. The molecule has 0 spiro atoms.